The lowest BCUT2D eigenvalue weighted by Crippen LogP contribution is -2.31. The Balaban J connectivity index is 1.67. The minimum absolute atomic E-state index is 0.0134. The van der Waals surface area contributed by atoms with Gasteiger partial charge in [0.1, 0.15) is 5.76 Å². The van der Waals surface area contributed by atoms with E-state index in [9.17, 15) is 4.79 Å². The molecule has 4 nitrogen and oxygen atoms in total. The summed E-state index contributed by atoms with van der Waals surface area (Å²) in [5.41, 5.74) is 5.63. The quantitative estimate of drug-likeness (QED) is 0.405. The number of nitrogens with zero attached hydrogens (tertiary/aromatic N) is 2. The van der Waals surface area contributed by atoms with Crippen LogP contribution in [0.5, 0.6) is 0 Å². The molecule has 0 N–H and O–H groups in total. The van der Waals surface area contributed by atoms with Crippen LogP contribution in [0.4, 0.5) is 5.13 Å². The van der Waals surface area contributed by atoms with Crippen molar-refractivity contribution in [2.45, 2.75) is 40.2 Å². The van der Waals surface area contributed by atoms with Gasteiger partial charge in [0.15, 0.2) is 5.13 Å². The Morgan fingerprint density at radius 1 is 1.07 bits per heavy atom. The summed E-state index contributed by atoms with van der Waals surface area (Å²) in [5, 5.41) is 0.707. The molecule has 0 saturated carbocycles. The van der Waals surface area contributed by atoms with Gasteiger partial charge in [-0.05, 0) is 66.8 Å². The fraction of sp³-hybridized carbons (Fsp3) is 0.250. The number of benzene rings is 2. The lowest BCUT2D eigenvalue weighted by molar-refractivity contribution is -0.118. The summed E-state index contributed by atoms with van der Waals surface area (Å²) in [6.07, 6.45) is 2.94. The van der Waals surface area contributed by atoms with Gasteiger partial charge in [-0.1, -0.05) is 42.5 Å². The number of rotatable bonds is 6. The molecule has 4 rings (SSSR count). The van der Waals surface area contributed by atoms with Gasteiger partial charge in [0, 0.05) is 0 Å². The van der Waals surface area contributed by atoms with Crippen LogP contribution >= 0.6 is 11.3 Å². The molecular weight excluding hydrogens is 380 g/mol. The number of fused-ring (bicyclic) bond motifs is 1. The first-order valence-electron chi connectivity index (χ1n) is 9.82. The first-order valence-corrected chi connectivity index (χ1v) is 10.6. The number of hydrogen-bond donors (Lipinski definition) is 0. The average Bonchev–Trinajstić information content (AvgIpc) is 3.37. The number of carbonyl (C=O) groups is 1. The van der Waals surface area contributed by atoms with E-state index in [0.717, 1.165) is 28.0 Å². The van der Waals surface area contributed by atoms with Crippen LogP contribution in [0.15, 0.2) is 59.2 Å². The molecule has 0 aliphatic heterocycles. The molecule has 0 radical (unpaired) electrons. The highest BCUT2D eigenvalue weighted by atomic mass is 32.1. The lowest BCUT2D eigenvalue weighted by atomic mass is 10.0. The molecule has 0 saturated heterocycles. The molecule has 5 heteroatoms. The topological polar surface area (TPSA) is 46.3 Å². The Morgan fingerprint density at radius 3 is 2.62 bits per heavy atom. The largest absolute Gasteiger partial charge is 0.467 e. The van der Waals surface area contributed by atoms with Crippen molar-refractivity contribution in [2.24, 2.45) is 0 Å². The average molecular weight is 405 g/mol. The molecule has 0 atom stereocenters. The van der Waals surface area contributed by atoms with Gasteiger partial charge in [0.25, 0.3) is 0 Å². The van der Waals surface area contributed by atoms with Gasteiger partial charge in [0.2, 0.25) is 5.91 Å². The van der Waals surface area contributed by atoms with Crippen LogP contribution < -0.4 is 4.90 Å². The highest BCUT2D eigenvalue weighted by molar-refractivity contribution is 7.22. The zero-order chi connectivity index (χ0) is 20.4. The number of aryl methyl sites for hydroxylation is 3. The molecule has 0 aliphatic carbocycles. The molecule has 148 valence electrons. The summed E-state index contributed by atoms with van der Waals surface area (Å²) in [6, 6.07) is 16.2. The van der Waals surface area contributed by atoms with Crippen LogP contribution in [-0.4, -0.2) is 10.9 Å². The molecule has 1 amide bonds. The third-order valence-corrected chi connectivity index (χ3v) is 6.24. The SMILES string of the molecule is CCc1ccc2nc(N(Cc3ccco3)C(=O)Cc3ccc(C)c(C)c3)sc2c1. The van der Waals surface area contributed by atoms with Crippen molar-refractivity contribution >= 4 is 32.6 Å². The number of furan rings is 1. The zero-order valence-electron chi connectivity index (χ0n) is 16.9. The fourth-order valence-corrected chi connectivity index (χ4v) is 4.34. The third-order valence-electron chi connectivity index (χ3n) is 5.20. The Morgan fingerprint density at radius 2 is 1.90 bits per heavy atom. The van der Waals surface area contributed by atoms with Gasteiger partial charge in [-0.3, -0.25) is 9.69 Å². The maximum Gasteiger partial charge on any atom is 0.233 e. The number of anilines is 1. The molecule has 2 heterocycles. The Labute approximate surface area is 174 Å². The monoisotopic (exact) mass is 404 g/mol. The smallest absolute Gasteiger partial charge is 0.233 e. The Hall–Kier alpha value is -2.92. The van der Waals surface area contributed by atoms with E-state index in [1.165, 1.54) is 16.7 Å². The van der Waals surface area contributed by atoms with Gasteiger partial charge in [0.05, 0.1) is 29.4 Å². The van der Waals surface area contributed by atoms with Crippen molar-refractivity contribution in [3.05, 3.63) is 82.8 Å². The molecule has 0 fully saturated rings. The first kappa shape index (κ1) is 19.4. The molecule has 0 bridgehead atoms. The number of carbonyl (C=O) groups excluding carboxylic acids is 1. The van der Waals surface area contributed by atoms with Gasteiger partial charge in [-0.25, -0.2) is 4.98 Å². The van der Waals surface area contributed by atoms with E-state index in [2.05, 4.69) is 45.0 Å². The molecular formula is C24H24N2O2S. The maximum atomic E-state index is 13.3. The van der Waals surface area contributed by atoms with Gasteiger partial charge >= 0.3 is 0 Å². The van der Waals surface area contributed by atoms with Crippen LogP contribution in [0, 0.1) is 13.8 Å². The predicted octanol–water partition coefficient (Wildman–Crippen LogP) is 5.84. The van der Waals surface area contributed by atoms with E-state index in [0.29, 0.717) is 18.1 Å². The standard InChI is InChI=1S/C24H24N2O2S/c1-4-18-9-10-21-22(13-18)29-24(25-21)26(15-20-6-5-11-28-20)23(27)14-19-8-7-16(2)17(3)12-19/h5-13H,4,14-15H2,1-3H3. The molecule has 2 aromatic carbocycles. The summed E-state index contributed by atoms with van der Waals surface area (Å²) in [6.45, 7) is 6.66. The van der Waals surface area contributed by atoms with Crippen LogP contribution in [0.1, 0.15) is 34.9 Å². The van der Waals surface area contributed by atoms with Crippen molar-refractivity contribution in [1.82, 2.24) is 4.98 Å². The second kappa shape index (κ2) is 8.21. The van der Waals surface area contributed by atoms with Crippen molar-refractivity contribution in [2.75, 3.05) is 4.90 Å². The molecule has 4 aromatic rings. The highest BCUT2D eigenvalue weighted by Gasteiger charge is 2.22. The Kier molecular flexibility index (Phi) is 5.49. The minimum atomic E-state index is 0.0134. The van der Waals surface area contributed by atoms with E-state index in [1.807, 2.05) is 24.3 Å². The van der Waals surface area contributed by atoms with Crippen LogP contribution in [0.25, 0.3) is 10.2 Å². The molecule has 0 unspecified atom stereocenters. The molecule has 29 heavy (non-hydrogen) atoms. The summed E-state index contributed by atoms with van der Waals surface area (Å²) in [5.74, 6) is 0.756. The number of amides is 1. The van der Waals surface area contributed by atoms with Crippen molar-refractivity contribution < 1.29 is 9.21 Å². The summed E-state index contributed by atoms with van der Waals surface area (Å²) < 4.78 is 6.61. The second-order valence-corrected chi connectivity index (χ2v) is 8.32. The van der Waals surface area contributed by atoms with Crippen LogP contribution in [0.2, 0.25) is 0 Å². The number of aromatic nitrogens is 1. The van der Waals surface area contributed by atoms with Crippen molar-refractivity contribution in [3.63, 3.8) is 0 Å². The summed E-state index contributed by atoms with van der Waals surface area (Å²) >= 11 is 1.55. The molecule has 2 aromatic heterocycles. The highest BCUT2D eigenvalue weighted by Crippen LogP contribution is 2.31. The van der Waals surface area contributed by atoms with E-state index >= 15 is 0 Å². The van der Waals surface area contributed by atoms with Crippen molar-refractivity contribution in [3.8, 4) is 0 Å². The predicted molar refractivity (Wildman–Crippen MR) is 119 cm³/mol. The van der Waals surface area contributed by atoms with Crippen LogP contribution in [-0.2, 0) is 24.2 Å². The van der Waals surface area contributed by atoms with Crippen molar-refractivity contribution in [1.29, 1.82) is 0 Å². The molecule has 0 aliphatic rings. The summed E-state index contributed by atoms with van der Waals surface area (Å²) in [4.78, 5) is 19.8. The van der Waals surface area contributed by atoms with Crippen LogP contribution in [0.3, 0.4) is 0 Å². The minimum Gasteiger partial charge on any atom is -0.467 e. The number of hydrogen-bond acceptors (Lipinski definition) is 4. The van der Waals surface area contributed by atoms with E-state index in [-0.39, 0.29) is 5.91 Å². The van der Waals surface area contributed by atoms with Gasteiger partial charge in [-0.2, -0.15) is 0 Å². The third kappa shape index (κ3) is 4.25. The van der Waals surface area contributed by atoms with Gasteiger partial charge in [-0.15, -0.1) is 0 Å². The fourth-order valence-electron chi connectivity index (χ4n) is 3.30. The zero-order valence-corrected chi connectivity index (χ0v) is 17.8. The maximum absolute atomic E-state index is 13.3. The number of thiazole rings is 1. The molecule has 0 spiro atoms. The summed E-state index contributed by atoms with van der Waals surface area (Å²) in [7, 11) is 0. The first-order chi connectivity index (χ1) is 14.0. The second-order valence-electron chi connectivity index (χ2n) is 7.31. The van der Waals surface area contributed by atoms with E-state index in [1.54, 1.807) is 22.5 Å². The normalized spacial score (nSPS) is 11.1. The van der Waals surface area contributed by atoms with E-state index in [4.69, 9.17) is 9.40 Å². The van der Waals surface area contributed by atoms with E-state index < -0.39 is 0 Å². The Bertz CT molecular complexity index is 1150. The van der Waals surface area contributed by atoms with Gasteiger partial charge < -0.3 is 4.42 Å². The lowest BCUT2D eigenvalue weighted by Gasteiger charge is -2.19.